The van der Waals surface area contributed by atoms with E-state index in [1.54, 1.807) is 0 Å². The molecule has 0 spiro atoms. The third kappa shape index (κ3) is 2.76. The Hall–Kier alpha value is -0.0800. The van der Waals surface area contributed by atoms with Gasteiger partial charge >= 0.3 is 0 Å². The van der Waals surface area contributed by atoms with Crippen molar-refractivity contribution in [2.45, 2.75) is 26.7 Å². The van der Waals surface area contributed by atoms with Crippen molar-refractivity contribution in [2.24, 2.45) is 23.5 Å². The van der Waals surface area contributed by atoms with Crippen molar-refractivity contribution < 1.29 is 4.74 Å². The van der Waals surface area contributed by atoms with Gasteiger partial charge in [-0.1, -0.05) is 13.8 Å². The Morgan fingerprint density at radius 1 is 1.42 bits per heavy atom. The lowest BCUT2D eigenvalue weighted by Gasteiger charge is -2.31. The van der Waals surface area contributed by atoms with Crippen molar-refractivity contribution in [3.63, 3.8) is 0 Å². The molecule has 2 atom stereocenters. The molecule has 72 valence electrons. The van der Waals surface area contributed by atoms with Crippen molar-refractivity contribution in [1.82, 2.24) is 0 Å². The standard InChI is InChI=1S/C10H21NO/c1-8(2)5-9-3-4-12-7-10(9)6-11/h8-10H,3-7,11H2,1-2H3. The number of hydrogen-bond acceptors (Lipinski definition) is 2. The summed E-state index contributed by atoms with van der Waals surface area (Å²) in [6.45, 7) is 7.17. The first kappa shape index (κ1) is 10.0. The molecular formula is C10H21NO. The van der Waals surface area contributed by atoms with Gasteiger partial charge in [-0.05, 0) is 37.1 Å². The minimum atomic E-state index is 0.612. The lowest BCUT2D eigenvalue weighted by atomic mass is 9.82. The van der Waals surface area contributed by atoms with Crippen LogP contribution in [0.2, 0.25) is 0 Å². The summed E-state index contributed by atoms with van der Waals surface area (Å²) >= 11 is 0. The molecule has 0 aromatic rings. The maximum Gasteiger partial charge on any atom is 0.0509 e. The largest absolute Gasteiger partial charge is 0.381 e. The van der Waals surface area contributed by atoms with Gasteiger partial charge in [-0.3, -0.25) is 0 Å². The van der Waals surface area contributed by atoms with Gasteiger partial charge in [0.15, 0.2) is 0 Å². The lowest BCUT2D eigenvalue weighted by Crippen LogP contribution is -2.33. The molecule has 0 saturated carbocycles. The molecule has 2 heteroatoms. The molecule has 2 N–H and O–H groups in total. The molecule has 0 aromatic carbocycles. The molecule has 1 fully saturated rings. The molecule has 2 unspecified atom stereocenters. The first-order chi connectivity index (χ1) is 5.74. The van der Waals surface area contributed by atoms with Crippen LogP contribution in [-0.4, -0.2) is 19.8 Å². The van der Waals surface area contributed by atoms with Crippen LogP contribution in [0.1, 0.15) is 26.7 Å². The van der Waals surface area contributed by atoms with Gasteiger partial charge in [0.05, 0.1) is 6.61 Å². The van der Waals surface area contributed by atoms with Crippen molar-refractivity contribution >= 4 is 0 Å². The first-order valence-corrected chi connectivity index (χ1v) is 5.01. The van der Waals surface area contributed by atoms with Crippen LogP contribution in [0.15, 0.2) is 0 Å². The summed E-state index contributed by atoms with van der Waals surface area (Å²) in [6.07, 6.45) is 2.52. The van der Waals surface area contributed by atoms with E-state index in [2.05, 4.69) is 13.8 Å². The van der Waals surface area contributed by atoms with E-state index < -0.39 is 0 Å². The Kier molecular flexibility index (Phi) is 4.02. The molecule has 0 amide bonds. The van der Waals surface area contributed by atoms with Crippen molar-refractivity contribution in [1.29, 1.82) is 0 Å². The Bertz CT molecular complexity index is 125. The Morgan fingerprint density at radius 3 is 2.75 bits per heavy atom. The molecule has 12 heavy (non-hydrogen) atoms. The van der Waals surface area contributed by atoms with Gasteiger partial charge < -0.3 is 10.5 Å². The number of ether oxygens (including phenoxy) is 1. The maximum atomic E-state index is 5.69. The summed E-state index contributed by atoms with van der Waals surface area (Å²) in [6, 6.07) is 0. The predicted octanol–water partition coefficient (Wildman–Crippen LogP) is 1.64. The fourth-order valence-electron chi connectivity index (χ4n) is 2.02. The van der Waals surface area contributed by atoms with Crippen LogP contribution >= 0.6 is 0 Å². The van der Waals surface area contributed by atoms with Crippen LogP contribution in [0.4, 0.5) is 0 Å². The molecule has 1 rings (SSSR count). The highest BCUT2D eigenvalue weighted by Crippen LogP contribution is 2.27. The van der Waals surface area contributed by atoms with Gasteiger partial charge in [0, 0.05) is 6.61 Å². The Labute approximate surface area is 75.5 Å². The highest BCUT2D eigenvalue weighted by Gasteiger charge is 2.24. The zero-order valence-corrected chi connectivity index (χ0v) is 8.25. The van der Waals surface area contributed by atoms with Crippen LogP contribution in [-0.2, 0) is 4.74 Å². The monoisotopic (exact) mass is 171 g/mol. The summed E-state index contributed by atoms with van der Waals surface area (Å²) < 4.78 is 5.40. The van der Waals surface area contributed by atoms with E-state index in [4.69, 9.17) is 10.5 Å². The fourth-order valence-corrected chi connectivity index (χ4v) is 2.02. The van der Waals surface area contributed by atoms with Gasteiger partial charge in [0.2, 0.25) is 0 Å². The zero-order valence-electron chi connectivity index (χ0n) is 8.25. The SMILES string of the molecule is CC(C)CC1CCOCC1CN. The highest BCUT2D eigenvalue weighted by molar-refractivity contribution is 4.75. The summed E-state index contributed by atoms with van der Waals surface area (Å²) in [5.74, 6) is 2.21. The third-order valence-electron chi connectivity index (χ3n) is 2.71. The second-order valence-electron chi connectivity index (χ2n) is 4.25. The smallest absolute Gasteiger partial charge is 0.0509 e. The summed E-state index contributed by atoms with van der Waals surface area (Å²) in [4.78, 5) is 0. The van der Waals surface area contributed by atoms with E-state index in [-0.39, 0.29) is 0 Å². The number of rotatable bonds is 3. The van der Waals surface area contributed by atoms with Crippen molar-refractivity contribution in [2.75, 3.05) is 19.8 Å². The van der Waals surface area contributed by atoms with E-state index >= 15 is 0 Å². The van der Waals surface area contributed by atoms with Gasteiger partial charge in [0.25, 0.3) is 0 Å². The van der Waals surface area contributed by atoms with Crippen LogP contribution in [0.25, 0.3) is 0 Å². The molecule has 1 aliphatic rings. The first-order valence-electron chi connectivity index (χ1n) is 5.01. The number of hydrogen-bond donors (Lipinski definition) is 1. The predicted molar refractivity (Wildman–Crippen MR) is 50.9 cm³/mol. The van der Waals surface area contributed by atoms with Crippen LogP contribution < -0.4 is 5.73 Å². The summed E-state index contributed by atoms with van der Waals surface area (Å²) in [5, 5.41) is 0. The van der Waals surface area contributed by atoms with E-state index in [9.17, 15) is 0 Å². The fraction of sp³-hybridized carbons (Fsp3) is 1.00. The molecular weight excluding hydrogens is 150 g/mol. The highest BCUT2D eigenvalue weighted by atomic mass is 16.5. The van der Waals surface area contributed by atoms with E-state index in [1.165, 1.54) is 12.8 Å². The van der Waals surface area contributed by atoms with Crippen molar-refractivity contribution in [3.05, 3.63) is 0 Å². The van der Waals surface area contributed by atoms with Crippen LogP contribution in [0.3, 0.4) is 0 Å². The minimum absolute atomic E-state index is 0.612. The van der Waals surface area contributed by atoms with Gasteiger partial charge in [0.1, 0.15) is 0 Å². The average molecular weight is 171 g/mol. The molecule has 2 nitrogen and oxygen atoms in total. The molecule has 0 bridgehead atoms. The Morgan fingerprint density at radius 2 is 2.17 bits per heavy atom. The quantitative estimate of drug-likeness (QED) is 0.700. The molecule has 0 radical (unpaired) electrons. The average Bonchev–Trinajstić information content (AvgIpc) is 2.04. The summed E-state index contributed by atoms with van der Waals surface area (Å²) in [5.41, 5.74) is 5.69. The molecule has 1 aliphatic heterocycles. The third-order valence-corrected chi connectivity index (χ3v) is 2.71. The molecule has 1 saturated heterocycles. The normalized spacial score (nSPS) is 31.0. The zero-order chi connectivity index (χ0) is 8.97. The van der Waals surface area contributed by atoms with Crippen LogP contribution in [0, 0.1) is 17.8 Å². The van der Waals surface area contributed by atoms with Gasteiger partial charge in [-0.25, -0.2) is 0 Å². The van der Waals surface area contributed by atoms with E-state index in [0.29, 0.717) is 5.92 Å². The second kappa shape index (κ2) is 4.83. The maximum absolute atomic E-state index is 5.69. The van der Waals surface area contributed by atoms with Gasteiger partial charge in [-0.2, -0.15) is 0 Å². The molecule has 1 heterocycles. The number of nitrogens with two attached hydrogens (primary N) is 1. The Balaban J connectivity index is 2.36. The second-order valence-corrected chi connectivity index (χ2v) is 4.25. The molecule has 0 aliphatic carbocycles. The lowest BCUT2D eigenvalue weighted by molar-refractivity contribution is 0.0138. The van der Waals surface area contributed by atoms with E-state index in [0.717, 1.165) is 31.6 Å². The summed E-state index contributed by atoms with van der Waals surface area (Å²) in [7, 11) is 0. The van der Waals surface area contributed by atoms with Crippen molar-refractivity contribution in [3.8, 4) is 0 Å². The topological polar surface area (TPSA) is 35.2 Å². The van der Waals surface area contributed by atoms with Gasteiger partial charge in [-0.15, -0.1) is 0 Å². The molecule has 0 aromatic heterocycles. The minimum Gasteiger partial charge on any atom is -0.381 e. The van der Waals surface area contributed by atoms with Crippen LogP contribution in [0.5, 0.6) is 0 Å². The van der Waals surface area contributed by atoms with E-state index in [1.807, 2.05) is 0 Å².